The van der Waals surface area contributed by atoms with E-state index in [1.54, 1.807) is 20.8 Å². The average molecular weight is 258 g/mol. The lowest BCUT2D eigenvalue weighted by molar-refractivity contribution is -0.384. The van der Waals surface area contributed by atoms with Crippen LogP contribution in [0.4, 0.5) is 5.69 Å². The fourth-order valence-corrected chi connectivity index (χ4v) is 1.41. The molecule has 0 radical (unpaired) electrons. The van der Waals surface area contributed by atoms with Crippen LogP contribution in [0.2, 0.25) is 0 Å². The first kappa shape index (κ1) is 14.6. The van der Waals surface area contributed by atoms with Crippen LogP contribution in [0.1, 0.15) is 26.3 Å². The summed E-state index contributed by atoms with van der Waals surface area (Å²) in [6.07, 6.45) is 1.44. The van der Waals surface area contributed by atoms with Crippen molar-refractivity contribution in [3.63, 3.8) is 0 Å². The first-order valence-electron chi connectivity index (χ1n) is 5.67. The summed E-state index contributed by atoms with van der Waals surface area (Å²) in [6, 6.07) is 7.55. The maximum absolute atomic E-state index is 12.0. The highest BCUT2D eigenvalue weighted by Gasteiger charge is 2.24. The van der Waals surface area contributed by atoms with Crippen molar-refractivity contribution in [2.24, 2.45) is 5.41 Å². The lowest BCUT2D eigenvalue weighted by Gasteiger charge is -2.15. The zero-order valence-corrected chi connectivity index (χ0v) is 11.0. The smallest absolute Gasteiger partial charge is 0.269 e. The van der Waals surface area contributed by atoms with Gasteiger partial charge in [-0.05, 0) is 23.8 Å². The number of allylic oxidation sites excluding steroid dienone is 1. The van der Waals surface area contributed by atoms with Crippen LogP contribution in [0.3, 0.4) is 0 Å². The van der Waals surface area contributed by atoms with E-state index in [1.807, 2.05) is 6.07 Å². The summed E-state index contributed by atoms with van der Waals surface area (Å²) in [5.41, 5.74) is -0.0404. The van der Waals surface area contributed by atoms with E-state index in [4.69, 9.17) is 5.26 Å². The molecule has 0 amide bonds. The third kappa shape index (κ3) is 3.75. The summed E-state index contributed by atoms with van der Waals surface area (Å²) in [5.74, 6) is -0.256. The van der Waals surface area contributed by atoms with Gasteiger partial charge in [0, 0.05) is 17.5 Å². The minimum atomic E-state index is -0.637. The number of carbonyl (C=O) groups is 1. The van der Waals surface area contributed by atoms with Crippen LogP contribution < -0.4 is 0 Å². The van der Waals surface area contributed by atoms with E-state index >= 15 is 0 Å². The highest BCUT2D eigenvalue weighted by atomic mass is 16.6. The van der Waals surface area contributed by atoms with E-state index < -0.39 is 10.3 Å². The molecule has 0 heterocycles. The standard InChI is InChI=1S/C14H14N2O3/c1-14(2,3)13(17)11(9-15)8-10-4-6-12(7-5-10)16(18)19/h4-8H,1-3H3. The molecule has 0 spiro atoms. The van der Waals surface area contributed by atoms with Crippen LogP contribution in [-0.4, -0.2) is 10.7 Å². The lowest BCUT2D eigenvalue weighted by atomic mass is 9.86. The van der Waals surface area contributed by atoms with E-state index in [0.717, 1.165) is 0 Å². The Balaban J connectivity index is 3.10. The van der Waals surface area contributed by atoms with Crippen LogP contribution in [0.5, 0.6) is 0 Å². The van der Waals surface area contributed by atoms with Gasteiger partial charge in [0.25, 0.3) is 5.69 Å². The fourth-order valence-electron chi connectivity index (χ4n) is 1.41. The van der Waals surface area contributed by atoms with Gasteiger partial charge in [-0.15, -0.1) is 0 Å². The molecule has 0 aliphatic rings. The Kier molecular flexibility index (Phi) is 4.18. The van der Waals surface area contributed by atoms with Gasteiger partial charge in [-0.2, -0.15) is 5.26 Å². The molecule has 0 atom stereocenters. The molecule has 5 nitrogen and oxygen atoms in total. The predicted octanol–water partition coefficient (Wildman–Crippen LogP) is 3.12. The molecule has 0 N–H and O–H groups in total. The number of Topliss-reactive ketones (excluding diaryl/α,β-unsaturated/α-hetero) is 1. The quantitative estimate of drug-likeness (QED) is 0.361. The minimum Gasteiger partial charge on any atom is -0.293 e. The Labute approximate surface area is 111 Å². The Morgan fingerprint density at radius 2 is 1.84 bits per heavy atom. The second-order valence-corrected chi connectivity index (χ2v) is 5.10. The Hall–Kier alpha value is -2.48. The number of hydrogen-bond acceptors (Lipinski definition) is 4. The zero-order chi connectivity index (χ0) is 14.6. The molecule has 0 saturated carbocycles. The van der Waals surface area contributed by atoms with Crippen molar-refractivity contribution >= 4 is 17.5 Å². The molecule has 0 aromatic heterocycles. The van der Waals surface area contributed by atoms with Crippen molar-refractivity contribution in [2.75, 3.05) is 0 Å². The van der Waals surface area contributed by atoms with Crippen molar-refractivity contribution < 1.29 is 9.72 Å². The normalized spacial score (nSPS) is 11.8. The monoisotopic (exact) mass is 258 g/mol. The van der Waals surface area contributed by atoms with E-state index in [9.17, 15) is 14.9 Å². The van der Waals surface area contributed by atoms with Gasteiger partial charge in [0.05, 0.1) is 10.5 Å². The Morgan fingerprint density at radius 1 is 1.32 bits per heavy atom. The molecular weight excluding hydrogens is 244 g/mol. The van der Waals surface area contributed by atoms with E-state index in [1.165, 1.54) is 30.3 Å². The topological polar surface area (TPSA) is 84.0 Å². The number of nitro benzene ring substituents is 1. The molecule has 1 rings (SSSR count). The van der Waals surface area contributed by atoms with Gasteiger partial charge in [-0.1, -0.05) is 20.8 Å². The zero-order valence-electron chi connectivity index (χ0n) is 11.0. The molecule has 5 heteroatoms. The van der Waals surface area contributed by atoms with Crippen LogP contribution in [0.25, 0.3) is 6.08 Å². The van der Waals surface area contributed by atoms with Crippen molar-refractivity contribution in [3.05, 3.63) is 45.5 Å². The molecule has 0 fully saturated rings. The second kappa shape index (κ2) is 5.44. The minimum absolute atomic E-state index is 0.0298. The first-order valence-corrected chi connectivity index (χ1v) is 5.67. The maximum atomic E-state index is 12.0. The van der Waals surface area contributed by atoms with Gasteiger partial charge < -0.3 is 0 Å². The van der Waals surface area contributed by atoms with Crippen molar-refractivity contribution in [3.8, 4) is 6.07 Å². The molecule has 98 valence electrons. The molecule has 0 bridgehead atoms. The number of nitriles is 1. The third-order valence-corrected chi connectivity index (χ3v) is 2.46. The molecule has 0 aliphatic carbocycles. The lowest BCUT2D eigenvalue weighted by Crippen LogP contribution is -2.21. The molecule has 0 saturated heterocycles. The number of hydrogen-bond donors (Lipinski definition) is 0. The van der Waals surface area contributed by atoms with Crippen molar-refractivity contribution in [2.45, 2.75) is 20.8 Å². The van der Waals surface area contributed by atoms with Gasteiger partial charge in [0.1, 0.15) is 6.07 Å². The summed E-state index contributed by atoms with van der Waals surface area (Å²) in [4.78, 5) is 22.0. The summed E-state index contributed by atoms with van der Waals surface area (Å²) in [5, 5.41) is 19.5. The van der Waals surface area contributed by atoms with Gasteiger partial charge in [0.15, 0.2) is 5.78 Å². The van der Waals surface area contributed by atoms with E-state index in [2.05, 4.69) is 0 Å². The summed E-state index contributed by atoms with van der Waals surface area (Å²) in [6.45, 7) is 5.20. The third-order valence-electron chi connectivity index (χ3n) is 2.46. The molecular formula is C14H14N2O3. The largest absolute Gasteiger partial charge is 0.293 e. The first-order chi connectivity index (χ1) is 8.75. The van der Waals surface area contributed by atoms with Gasteiger partial charge >= 0.3 is 0 Å². The highest BCUT2D eigenvalue weighted by Crippen LogP contribution is 2.22. The van der Waals surface area contributed by atoms with E-state index in [-0.39, 0.29) is 17.0 Å². The number of carbonyl (C=O) groups excluding carboxylic acids is 1. The molecule has 1 aromatic rings. The van der Waals surface area contributed by atoms with Crippen LogP contribution >= 0.6 is 0 Å². The SMILES string of the molecule is CC(C)(C)C(=O)C(C#N)=Cc1ccc([N+](=O)[O-])cc1. The van der Waals surface area contributed by atoms with Crippen molar-refractivity contribution in [1.82, 2.24) is 0 Å². The predicted molar refractivity (Wildman–Crippen MR) is 71.1 cm³/mol. The maximum Gasteiger partial charge on any atom is 0.269 e. The van der Waals surface area contributed by atoms with E-state index in [0.29, 0.717) is 5.56 Å². The van der Waals surface area contributed by atoms with Gasteiger partial charge in [-0.25, -0.2) is 0 Å². The molecule has 0 aliphatic heterocycles. The number of non-ortho nitro benzene ring substituents is 1. The van der Waals surface area contributed by atoms with Crippen LogP contribution in [-0.2, 0) is 4.79 Å². The summed E-state index contributed by atoms with van der Waals surface area (Å²) < 4.78 is 0. The number of nitro groups is 1. The summed E-state index contributed by atoms with van der Waals surface area (Å²) >= 11 is 0. The number of nitrogens with zero attached hydrogens (tertiary/aromatic N) is 2. The number of rotatable bonds is 3. The molecule has 19 heavy (non-hydrogen) atoms. The second-order valence-electron chi connectivity index (χ2n) is 5.10. The highest BCUT2D eigenvalue weighted by molar-refractivity contribution is 6.06. The Bertz CT molecular complexity index is 572. The van der Waals surface area contributed by atoms with Gasteiger partial charge in [-0.3, -0.25) is 14.9 Å². The molecule has 1 aromatic carbocycles. The number of ketones is 1. The summed E-state index contributed by atoms with van der Waals surface area (Å²) in [7, 11) is 0. The molecule has 0 unspecified atom stereocenters. The number of benzene rings is 1. The Morgan fingerprint density at radius 3 is 2.21 bits per heavy atom. The van der Waals surface area contributed by atoms with Gasteiger partial charge in [0.2, 0.25) is 0 Å². The van der Waals surface area contributed by atoms with Crippen LogP contribution in [0.15, 0.2) is 29.8 Å². The van der Waals surface area contributed by atoms with Crippen LogP contribution in [0, 0.1) is 26.9 Å². The average Bonchev–Trinajstić information content (AvgIpc) is 2.34. The fraction of sp³-hybridized carbons (Fsp3) is 0.286. The van der Waals surface area contributed by atoms with Crippen molar-refractivity contribution in [1.29, 1.82) is 5.26 Å².